The van der Waals surface area contributed by atoms with Crippen molar-refractivity contribution < 1.29 is 58.0 Å². The summed E-state index contributed by atoms with van der Waals surface area (Å²) >= 11 is 0. The van der Waals surface area contributed by atoms with Crippen molar-refractivity contribution in [3.05, 3.63) is 47.1 Å². The molecule has 24 heteroatoms. The van der Waals surface area contributed by atoms with Crippen LogP contribution in [0.3, 0.4) is 0 Å². The third-order valence-electron chi connectivity index (χ3n) is 24.4. The van der Waals surface area contributed by atoms with Crippen LogP contribution in [-0.4, -0.2) is 208 Å². The van der Waals surface area contributed by atoms with E-state index in [1.54, 1.807) is 15.6 Å². The van der Waals surface area contributed by atoms with E-state index in [-0.39, 0.29) is 112 Å². The number of aliphatic hydroxyl groups is 2. The average Bonchev–Trinajstić information content (AvgIpc) is 1.64. The van der Waals surface area contributed by atoms with Crippen molar-refractivity contribution in [2.45, 2.75) is 168 Å². The summed E-state index contributed by atoms with van der Waals surface area (Å²) in [6.07, 6.45) is 22.0. The molecule has 0 aromatic carbocycles. The second-order valence-electron chi connectivity index (χ2n) is 29.0. The molecular weight excluding hydrogens is 1160 g/mol. The number of rotatable bonds is 29. The second kappa shape index (κ2) is 28.0. The lowest BCUT2D eigenvalue weighted by atomic mass is 9.46. The van der Waals surface area contributed by atoms with E-state index in [0.29, 0.717) is 92.6 Å². The Morgan fingerprint density at radius 1 is 0.549 bits per heavy atom. The lowest BCUT2D eigenvalue weighted by Gasteiger charge is -2.59. The van der Waals surface area contributed by atoms with Crippen LogP contribution in [0.1, 0.15) is 155 Å². The predicted octanol–water partition coefficient (Wildman–Crippen LogP) is 4.12. The average molecular weight is 1270 g/mol. The Kier molecular flexibility index (Phi) is 21.0. The number of ketones is 2. The number of hydrogen-bond acceptors (Lipinski definition) is 17. The Bertz CT molecular complexity index is 3080. The van der Waals surface area contributed by atoms with Gasteiger partial charge in [-0.3, -0.25) is 42.9 Å². The van der Waals surface area contributed by atoms with Gasteiger partial charge < -0.3 is 55.1 Å². The number of aromatic nitrogens is 6. The number of nitrogens with zero attached hydrogens (tertiary/aromatic N) is 10. The molecule has 5 amide bonds. The Morgan fingerprint density at radius 2 is 0.956 bits per heavy atom. The van der Waals surface area contributed by atoms with Crippen LogP contribution in [0.15, 0.2) is 35.7 Å². The zero-order valence-corrected chi connectivity index (χ0v) is 55.1. The maximum Gasteiger partial charge on any atom is 0.242 e. The number of methoxy groups -OCH3 is 3. The van der Waals surface area contributed by atoms with E-state index in [1.807, 2.05) is 18.3 Å². The minimum Gasteiger partial charge on any atom is -0.383 e. The van der Waals surface area contributed by atoms with Crippen molar-refractivity contribution in [2.75, 3.05) is 107 Å². The molecule has 6 unspecified atom stereocenters. The molecule has 0 bridgehead atoms. The van der Waals surface area contributed by atoms with Gasteiger partial charge in [0.05, 0.1) is 64.9 Å². The van der Waals surface area contributed by atoms with Gasteiger partial charge in [-0.2, -0.15) is 0 Å². The molecule has 6 fully saturated rings. The Hall–Kier alpha value is -5.79. The van der Waals surface area contributed by atoms with Crippen molar-refractivity contribution >= 4 is 41.1 Å². The van der Waals surface area contributed by atoms with E-state index in [2.05, 4.69) is 53.6 Å². The molecule has 12 atom stereocenters. The van der Waals surface area contributed by atoms with Gasteiger partial charge in [-0.1, -0.05) is 49.3 Å². The zero-order valence-electron chi connectivity index (χ0n) is 55.1. The number of nitrogens with two attached hydrogens (primary N) is 1. The Labute approximate surface area is 536 Å². The lowest BCUT2D eigenvalue weighted by molar-refractivity contribution is -0.147. The standard InChI is InChI=1S/C67H102N12O12/c1-62-20-14-47(80)36-45(62)10-12-49-51(62)16-22-64(3)53(49)18-24-66(64,87)55-39-78(72-70-55)28-8-26-69-38-58(83)76(31-34-90-6)43-59(84)74(42-61(86)77(32-35-91-7)44-60(85)75(30-33-89-5)41-57(68)82)27-9-29-79-40-56(71-73-79)67(88)25-19-54-50-13-11-46-37-48(81)15-21-63(46,2)52(50)17-23-65(54,67)4/h36-37,39-40,49-54,69,87-88H,8-35,38,41-44H2,1-7H3,(H2,68,82)/t49?,50?,51?,52?,53?,54?,62-,63-,64-,65-,66+,67+/m0/s1. The van der Waals surface area contributed by atoms with Gasteiger partial charge in [-0.15, -0.1) is 10.2 Å². The SMILES string of the molecule is COCCN(CC(N)=O)C(=O)CN(CCOC)C(=O)CN(CCCn1cc([C@]2(O)CCC3C4CCC5=CC(=O)CC[C@]5(C)C4CC[C@@]32C)nn1)C(=O)CN(CCOC)C(=O)CNCCCn1cc([C@]2(O)CCC3C4CCC5=CC(=O)CC[C@]5(C)C4CC[C@@]32C)nn1. The highest BCUT2D eigenvalue weighted by molar-refractivity contribution is 5.93. The van der Waals surface area contributed by atoms with E-state index in [4.69, 9.17) is 19.9 Å². The number of allylic oxidation sites excluding steroid dienone is 2. The van der Waals surface area contributed by atoms with Crippen molar-refractivity contribution in [3.8, 4) is 0 Å². The molecule has 2 aromatic rings. The number of nitrogens with one attached hydrogen (secondary N) is 1. The van der Waals surface area contributed by atoms with Gasteiger partial charge in [-0.05, 0) is 168 Å². The smallest absolute Gasteiger partial charge is 0.242 e. The quantitative estimate of drug-likeness (QED) is 0.0833. The number of ether oxygens (including phenoxy) is 3. The van der Waals surface area contributed by atoms with Crippen LogP contribution in [0, 0.1) is 57.2 Å². The normalized spacial score (nSPS) is 32.3. The van der Waals surface area contributed by atoms with Gasteiger partial charge in [-0.25, -0.2) is 0 Å². The van der Waals surface area contributed by atoms with E-state index >= 15 is 0 Å². The summed E-state index contributed by atoms with van der Waals surface area (Å²) < 4.78 is 19.3. The first kappa shape index (κ1) is 68.1. The van der Waals surface area contributed by atoms with Crippen LogP contribution in [0.5, 0.6) is 0 Å². The van der Waals surface area contributed by atoms with Crippen LogP contribution in [0.25, 0.3) is 0 Å². The van der Waals surface area contributed by atoms with Crippen molar-refractivity contribution in [1.29, 1.82) is 0 Å². The first-order valence-electron chi connectivity index (χ1n) is 33.8. The summed E-state index contributed by atoms with van der Waals surface area (Å²) in [4.78, 5) is 99.1. The molecule has 2 aromatic heterocycles. The maximum atomic E-state index is 14.7. The minimum atomic E-state index is -1.21. The molecule has 2 heterocycles. The first-order chi connectivity index (χ1) is 43.4. The van der Waals surface area contributed by atoms with Crippen LogP contribution in [0.4, 0.5) is 0 Å². The van der Waals surface area contributed by atoms with Crippen molar-refractivity contribution in [2.24, 2.45) is 62.9 Å². The molecule has 10 rings (SSSR count). The molecule has 6 saturated carbocycles. The van der Waals surface area contributed by atoms with Gasteiger partial charge in [0.15, 0.2) is 11.6 Å². The number of carbonyl (C=O) groups is 7. The fourth-order valence-electron chi connectivity index (χ4n) is 19.0. The highest BCUT2D eigenvalue weighted by Gasteiger charge is 2.67. The largest absolute Gasteiger partial charge is 0.383 e. The second-order valence-corrected chi connectivity index (χ2v) is 29.0. The number of carbonyl (C=O) groups excluding carboxylic acids is 7. The summed E-state index contributed by atoms with van der Waals surface area (Å²) in [5.41, 5.74) is 6.20. The first-order valence-corrected chi connectivity index (χ1v) is 33.8. The van der Waals surface area contributed by atoms with Crippen LogP contribution >= 0.6 is 0 Å². The molecule has 0 spiro atoms. The van der Waals surface area contributed by atoms with E-state index in [0.717, 1.165) is 77.0 Å². The molecule has 0 aliphatic heterocycles. The van der Waals surface area contributed by atoms with Gasteiger partial charge in [0, 0.05) is 84.3 Å². The fraction of sp³-hybridized carbons (Fsp3) is 0.776. The van der Waals surface area contributed by atoms with Gasteiger partial charge in [0.1, 0.15) is 22.6 Å². The molecule has 0 saturated heterocycles. The summed E-state index contributed by atoms with van der Waals surface area (Å²) in [7, 11) is 4.44. The van der Waals surface area contributed by atoms with Gasteiger partial charge in [0.25, 0.3) is 0 Å². The van der Waals surface area contributed by atoms with Gasteiger partial charge >= 0.3 is 0 Å². The highest BCUT2D eigenvalue weighted by Crippen LogP contribution is 2.71. The molecule has 8 aliphatic rings. The number of aryl methyl sites for hydroxylation is 2. The fourth-order valence-corrected chi connectivity index (χ4v) is 19.0. The molecular formula is C67H102N12O12. The number of hydrogen-bond donors (Lipinski definition) is 4. The van der Waals surface area contributed by atoms with Crippen LogP contribution < -0.4 is 11.1 Å². The van der Waals surface area contributed by atoms with E-state index in [9.17, 15) is 43.8 Å². The number of primary amides is 1. The lowest BCUT2D eigenvalue weighted by Crippen LogP contribution is -2.53. The summed E-state index contributed by atoms with van der Waals surface area (Å²) in [5.74, 6) is 0.291. The third-order valence-corrected chi connectivity index (χ3v) is 24.4. The van der Waals surface area contributed by atoms with E-state index < -0.39 is 53.3 Å². The Morgan fingerprint density at radius 3 is 1.40 bits per heavy atom. The maximum absolute atomic E-state index is 14.7. The van der Waals surface area contributed by atoms with Crippen LogP contribution in [0.2, 0.25) is 0 Å². The zero-order chi connectivity index (χ0) is 65.1. The molecule has 8 aliphatic carbocycles. The number of fused-ring (bicyclic) bond motifs is 10. The third kappa shape index (κ3) is 13.4. The predicted molar refractivity (Wildman–Crippen MR) is 335 cm³/mol. The topological polar surface area (TPSA) is 300 Å². The molecule has 0 radical (unpaired) electrons. The molecule has 502 valence electrons. The van der Waals surface area contributed by atoms with E-state index in [1.165, 1.54) is 52.1 Å². The molecule has 24 nitrogen and oxygen atoms in total. The minimum absolute atomic E-state index is 0.00232. The number of amides is 5. The van der Waals surface area contributed by atoms with Crippen molar-refractivity contribution in [1.82, 2.24) is 54.9 Å². The van der Waals surface area contributed by atoms with Gasteiger partial charge in [0.2, 0.25) is 29.5 Å². The summed E-state index contributed by atoms with van der Waals surface area (Å²) in [5, 5.41) is 46.8. The Balaban J connectivity index is 0.771. The summed E-state index contributed by atoms with van der Waals surface area (Å²) in [6, 6.07) is 0. The molecule has 5 N–H and O–H groups in total. The highest BCUT2D eigenvalue weighted by atomic mass is 16.5. The van der Waals surface area contributed by atoms with Crippen molar-refractivity contribution in [3.63, 3.8) is 0 Å². The van der Waals surface area contributed by atoms with Crippen LogP contribution in [-0.2, 0) is 72.1 Å². The summed E-state index contributed by atoms with van der Waals surface area (Å²) in [6.45, 7) is 9.20. The molecule has 91 heavy (non-hydrogen) atoms. The monoisotopic (exact) mass is 1270 g/mol.